The molecule has 3 aliphatic rings. The first-order valence-corrected chi connectivity index (χ1v) is 12.2. The van der Waals surface area contributed by atoms with Gasteiger partial charge in [-0.15, -0.1) is 0 Å². The maximum absolute atomic E-state index is 11.1. The normalized spacial score (nSPS) is 50.4. The van der Waals surface area contributed by atoms with E-state index >= 15 is 0 Å². The molecule has 1 aliphatic carbocycles. The summed E-state index contributed by atoms with van der Waals surface area (Å²) in [7, 11) is 0. The van der Waals surface area contributed by atoms with Crippen LogP contribution in [0.2, 0.25) is 0 Å². The van der Waals surface area contributed by atoms with Crippen LogP contribution in [0.3, 0.4) is 0 Å². The minimum atomic E-state index is -1.43. The molecule has 0 aromatic rings. The number of aliphatic hydroxyl groups is 5. The quantitative estimate of drug-likeness (QED) is 0.141. The summed E-state index contributed by atoms with van der Waals surface area (Å²) in [5, 5.41) is 52.4. The molecule has 3 rings (SSSR count). The van der Waals surface area contributed by atoms with E-state index < -0.39 is 91.7 Å². The monoisotopic (exact) mass is 525 g/mol. The van der Waals surface area contributed by atoms with Gasteiger partial charge in [-0.3, -0.25) is 0 Å². The average molecular weight is 526 g/mol. The highest BCUT2D eigenvalue weighted by Crippen LogP contribution is 2.31. The lowest BCUT2D eigenvalue weighted by molar-refractivity contribution is -0.320. The predicted octanol–water partition coefficient (Wildman–Crippen LogP) is -5.89. The smallest absolute Gasteiger partial charge is 0.186 e. The second kappa shape index (κ2) is 12.5. The van der Waals surface area contributed by atoms with Crippen LogP contribution in [0.25, 0.3) is 0 Å². The maximum Gasteiger partial charge on any atom is 0.186 e. The van der Waals surface area contributed by atoms with Gasteiger partial charge in [0.05, 0.1) is 24.8 Å². The summed E-state index contributed by atoms with van der Waals surface area (Å²) in [6.07, 6.45) is -13.4. The molecule has 2 saturated heterocycles. The fraction of sp³-hybridized carbons (Fsp3) is 1.00. The Hall–Kier alpha value is -0.600. The van der Waals surface area contributed by atoms with Crippen molar-refractivity contribution in [2.24, 2.45) is 28.7 Å². The molecule has 0 spiro atoms. The van der Waals surface area contributed by atoms with Crippen molar-refractivity contribution >= 4 is 0 Å². The van der Waals surface area contributed by atoms with Crippen LogP contribution in [0.5, 0.6) is 0 Å². The van der Waals surface area contributed by atoms with Gasteiger partial charge in [0.15, 0.2) is 12.6 Å². The Bertz CT molecular complexity index is 695. The van der Waals surface area contributed by atoms with E-state index in [-0.39, 0.29) is 25.7 Å². The van der Waals surface area contributed by atoms with Crippen molar-refractivity contribution < 1.29 is 49.2 Å². The predicted molar refractivity (Wildman–Crippen MR) is 124 cm³/mol. The Morgan fingerprint density at radius 2 is 1.28 bits per heavy atom. The van der Waals surface area contributed by atoms with E-state index in [1.807, 2.05) is 13.8 Å². The summed E-state index contributed by atoms with van der Waals surface area (Å²) in [6.45, 7) is 3.53. The number of hydrogen-bond donors (Lipinski definition) is 10. The standard InChI is InChI=1S/C21H43N5O10/c1-6(2)32-5-10-13(27)11(25)16(30)21(34-10)36-19-8(24)3-7(23)18(17(19)31)35-20-12(26)15(29)14(28)9(4-22)33-20/h6-21,27-31H,3-5,22-26H2,1-2H3/t7-,8+,9+,10+,11-,12+,13+,14+,15+,16+,17-,18+,19-,20+,21+/m0/s1. The Morgan fingerprint density at radius 3 is 1.83 bits per heavy atom. The molecular weight excluding hydrogens is 482 g/mol. The summed E-state index contributed by atoms with van der Waals surface area (Å²) in [5.74, 6) is 0. The third-order valence-electron chi connectivity index (χ3n) is 6.98. The maximum atomic E-state index is 11.1. The molecule has 0 aromatic heterocycles. The summed E-state index contributed by atoms with van der Waals surface area (Å²) in [6, 6.07) is -3.80. The molecule has 0 bridgehead atoms. The van der Waals surface area contributed by atoms with Crippen LogP contribution in [0.15, 0.2) is 0 Å². The fourth-order valence-corrected chi connectivity index (χ4v) is 4.72. The molecule has 2 heterocycles. The number of nitrogens with two attached hydrogens (primary N) is 5. The second-order valence-corrected chi connectivity index (χ2v) is 10.1. The molecule has 1 saturated carbocycles. The lowest BCUT2D eigenvalue weighted by Crippen LogP contribution is -2.69. The largest absolute Gasteiger partial charge is 0.389 e. The minimum Gasteiger partial charge on any atom is -0.389 e. The third-order valence-corrected chi connectivity index (χ3v) is 6.98. The van der Waals surface area contributed by atoms with Crippen molar-refractivity contribution in [1.29, 1.82) is 0 Å². The van der Waals surface area contributed by atoms with Crippen molar-refractivity contribution in [2.75, 3.05) is 13.2 Å². The molecule has 15 N–H and O–H groups in total. The number of hydrogen-bond acceptors (Lipinski definition) is 15. The van der Waals surface area contributed by atoms with Crippen LogP contribution >= 0.6 is 0 Å². The molecule has 2 aliphatic heterocycles. The van der Waals surface area contributed by atoms with Gasteiger partial charge in [0.25, 0.3) is 0 Å². The van der Waals surface area contributed by atoms with Crippen molar-refractivity contribution in [3.8, 4) is 0 Å². The highest BCUT2D eigenvalue weighted by atomic mass is 16.7. The van der Waals surface area contributed by atoms with Gasteiger partial charge >= 0.3 is 0 Å². The summed E-state index contributed by atoms with van der Waals surface area (Å²) in [4.78, 5) is 0. The lowest BCUT2D eigenvalue weighted by atomic mass is 9.84. The Kier molecular flexibility index (Phi) is 10.4. The van der Waals surface area contributed by atoms with Crippen LogP contribution < -0.4 is 28.7 Å². The highest BCUT2D eigenvalue weighted by Gasteiger charge is 2.51. The van der Waals surface area contributed by atoms with E-state index in [0.717, 1.165) is 0 Å². The molecular formula is C21H43N5O10. The van der Waals surface area contributed by atoms with Crippen molar-refractivity contribution in [1.82, 2.24) is 0 Å². The Labute approximate surface area is 209 Å². The van der Waals surface area contributed by atoms with E-state index in [9.17, 15) is 25.5 Å². The highest BCUT2D eigenvalue weighted by molar-refractivity contribution is 5.01. The van der Waals surface area contributed by atoms with Gasteiger partial charge < -0.3 is 77.9 Å². The lowest BCUT2D eigenvalue weighted by Gasteiger charge is -2.48. The first-order chi connectivity index (χ1) is 16.9. The van der Waals surface area contributed by atoms with Crippen molar-refractivity contribution in [2.45, 2.75) is 118 Å². The van der Waals surface area contributed by atoms with Gasteiger partial charge in [-0.2, -0.15) is 0 Å². The third kappa shape index (κ3) is 6.33. The minimum absolute atomic E-state index is 0.00237. The number of ether oxygens (including phenoxy) is 5. The summed E-state index contributed by atoms with van der Waals surface area (Å²) >= 11 is 0. The van der Waals surface area contributed by atoms with Crippen molar-refractivity contribution in [3.63, 3.8) is 0 Å². The Balaban J connectivity index is 1.71. The van der Waals surface area contributed by atoms with Gasteiger partial charge in [0.2, 0.25) is 0 Å². The van der Waals surface area contributed by atoms with Crippen LogP contribution in [0.1, 0.15) is 20.3 Å². The van der Waals surface area contributed by atoms with E-state index in [0.29, 0.717) is 0 Å². The first-order valence-electron chi connectivity index (χ1n) is 12.2. The fourth-order valence-electron chi connectivity index (χ4n) is 4.72. The topological polar surface area (TPSA) is 277 Å². The van der Waals surface area contributed by atoms with Crippen LogP contribution in [0, 0.1) is 0 Å². The van der Waals surface area contributed by atoms with Gasteiger partial charge in [0, 0.05) is 18.6 Å². The van der Waals surface area contributed by atoms with E-state index in [4.69, 9.17) is 52.4 Å². The summed E-state index contributed by atoms with van der Waals surface area (Å²) in [5.41, 5.74) is 30.0. The SMILES string of the molecule is CC(C)OC[C@H]1O[C@H](O[C@@H]2[C@@H](O)[C@H](O[C@H]3O[C@H](CN)[C@@H](O)[C@H](O)[C@H]3N)[C@@H](N)C[C@H]2N)[C@H](O)[C@@H](N)[C@@H]1O. The van der Waals surface area contributed by atoms with Crippen LogP contribution in [0.4, 0.5) is 0 Å². The van der Waals surface area contributed by atoms with Crippen LogP contribution in [-0.4, -0.2) is 136 Å². The molecule has 212 valence electrons. The molecule has 0 aromatic carbocycles. The number of aliphatic hydroxyl groups excluding tert-OH is 5. The van der Waals surface area contributed by atoms with Gasteiger partial charge in [-0.25, -0.2) is 0 Å². The van der Waals surface area contributed by atoms with Gasteiger partial charge in [0.1, 0.15) is 54.9 Å². The molecule has 0 amide bonds. The molecule has 3 fully saturated rings. The molecule has 0 unspecified atom stereocenters. The first kappa shape index (κ1) is 29.9. The van der Waals surface area contributed by atoms with E-state index in [1.165, 1.54) is 0 Å². The summed E-state index contributed by atoms with van der Waals surface area (Å²) < 4.78 is 28.6. The number of rotatable bonds is 8. The van der Waals surface area contributed by atoms with E-state index in [1.54, 1.807) is 0 Å². The molecule has 15 nitrogen and oxygen atoms in total. The van der Waals surface area contributed by atoms with Crippen LogP contribution in [-0.2, 0) is 23.7 Å². The molecule has 15 heteroatoms. The molecule has 15 atom stereocenters. The van der Waals surface area contributed by atoms with E-state index in [2.05, 4.69) is 0 Å². The average Bonchev–Trinajstić information content (AvgIpc) is 2.83. The Morgan fingerprint density at radius 1 is 0.722 bits per heavy atom. The van der Waals surface area contributed by atoms with Gasteiger partial charge in [-0.05, 0) is 20.3 Å². The zero-order chi connectivity index (χ0) is 26.9. The zero-order valence-electron chi connectivity index (χ0n) is 20.5. The molecule has 36 heavy (non-hydrogen) atoms. The molecule has 0 radical (unpaired) electrons. The van der Waals surface area contributed by atoms with Crippen molar-refractivity contribution in [3.05, 3.63) is 0 Å². The van der Waals surface area contributed by atoms with Gasteiger partial charge in [-0.1, -0.05) is 0 Å². The second-order valence-electron chi connectivity index (χ2n) is 10.1. The zero-order valence-corrected chi connectivity index (χ0v) is 20.5.